The van der Waals surface area contributed by atoms with Gasteiger partial charge in [0.25, 0.3) is 5.56 Å². The predicted octanol–water partition coefficient (Wildman–Crippen LogP) is 0.380. The number of aromatic nitrogens is 4. The third kappa shape index (κ3) is 2.35. The van der Waals surface area contributed by atoms with Gasteiger partial charge in [0, 0.05) is 43.6 Å². The van der Waals surface area contributed by atoms with Crippen LogP contribution in [-0.2, 0) is 0 Å². The van der Waals surface area contributed by atoms with Crippen LogP contribution in [-0.4, -0.2) is 51.2 Å². The second-order valence-electron chi connectivity index (χ2n) is 6.25. The number of nitrogens with zero attached hydrogens (tertiary/aromatic N) is 3. The van der Waals surface area contributed by atoms with Gasteiger partial charge in [-0.05, 0) is 26.0 Å². The Bertz CT molecular complexity index is 993. The molecule has 1 aliphatic rings. The highest BCUT2D eigenvalue weighted by Gasteiger charge is 2.24. The van der Waals surface area contributed by atoms with Crippen molar-refractivity contribution in [2.45, 2.75) is 18.9 Å². The maximum absolute atomic E-state index is 12.6. The van der Waals surface area contributed by atoms with E-state index in [2.05, 4.69) is 25.2 Å². The molecule has 0 aromatic carbocycles. The quantitative estimate of drug-likeness (QED) is 0.646. The summed E-state index contributed by atoms with van der Waals surface area (Å²) < 4.78 is 1.76. The van der Waals surface area contributed by atoms with Crippen LogP contribution >= 0.6 is 0 Å². The van der Waals surface area contributed by atoms with Crippen molar-refractivity contribution in [2.24, 2.45) is 0 Å². The Labute approximate surface area is 137 Å². The van der Waals surface area contributed by atoms with Gasteiger partial charge in [-0.15, -0.1) is 0 Å². The highest BCUT2D eigenvalue weighted by molar-refractivity contribution is 6.01. The number of rotatable bonds is 3. The summed E-state index contributed by atoms with van der Waals surface area (Å²) in [5.41, 5.74) is 0.652. The summed E-state index contributed by atoms with van der Waals surface area (Å²) >= 11 is 0. The first-order valence-electron chi connectivity index (χ1n) is 8.16. The largest absolute Gasteiger partial charge is 0.346 e. The molecule has 3 aromatic rings. The molecule has 24 heavy (non-hydrogen) atoms. The highest BCUT2D eigenvalue weighted by atomic mass is 16.2. The van der Waals surface area contributed by atoms with Crippen LogP contribution in [0, 0.1) is 0 Å². The monoisotopic (exact) mass is 328 g/mol. The molecule has 0 saturated carbocycles. The van der Waals surface area contributed by atoms with Gasteiger partial charge in [-0.3, -0.25) is 19.2 Å². The Morgan fingerprint density at radius 2 is 2.08 bits per heavy atom. The van der Waals surface area contributed by atoms with E-state index in [4.69, 9.17) is 0 Å². The Morgan fingerprint density at radius 3 is 2.83 bits per heavy atom. The second kappa shape index (κ2) is 5.88. The van der Waals surface area contributed by atoms with Gasteiger partial charge in [-0.1, -0.05) is 0 Å². The summed E-state index contributed by atoms with van der Waals surface area (Å²) in [7, 11) is 1.93. The molecule has 0 amide bonds. The molecule has 0 unspecified atom stereocenters. The normalized spacial score (nSPS) is 17.0. The van der Waals surface area contributed by atoms with Gasteiger partial charge in [-0.25, -0.2) is 9.78 Å². The van der Waals surface area contributed by atoms with Crippen LogP contribution < -0.4 is 16.6 Å². The van der Waals surface area contributed by atoms with Crippen molar-refractivity contribution in [3.05, 3.63) is 39.3 Å². The second-order valence-corrected chi connectivity index (χ2v) is 6.25. The van der Waals surface area contributed by atoms with Gasteiger partial charge in [0.2, 0.25) is 0 Å². The number of hydrogen-bond acceptors (Lipinski definition) is 5. The SMILES string of the molecule is CNCN1CCC(n2c(=O)[nH]c(=O)c3cnc4[nH]ccc4c32)CC1. The molecular formula is C16H20N6O2. The molecule has 8 nitrogen and oxygen atoms in total. The molecule has 3 aromatic heterocycles. The van der Waals surface area contributed by atoms with E-state index in [-0.39, 0.29) is 17.3 Å². The minimum absolute atomic E-state index is 0.0745. The molecule has 3 N–H and O–H groups in total. The molecule has 0 aliphatic carbocycles. The van der Waals surface area contributed by atoms with Crippen LogP contribution in [0.2, 0.25) is 0 Å². The predicted molar refractivity (Wildman–Crippen MR) is 92.3 cm³/mol. The lowest BCUT2D eigenvalue weighted by molar-refractivity contribution is 0.178. The van der Waals surface area contributed by atoms with Crippen molar-refractivity contribution in [3.63, 3.8) is 0 Å². The van der Waals surface area contributed by atoms with Gasteiger partial charge in [0.15, 0.2) is 0 Å². The molecule has 0 radical (unpaired) electrons. The summed E-state index contributed by atoms with van der Waals surface area (Å²) in [5.74, 6) is 0. The number of nitrogens with one attached hydrogen (secondary N) is 3. The first-order valence-corrected chi connectivity index (χ1v) is 8.16. The number of fused-ring (bicyclic) bond motifs is 3. The fraction of sp³-hybridized carbons (Fsp3) is 0.438. The van der Waals surface area contributed by atoms with E-state index < -0.39 is 0 Å². The maximum atomic E-state index is 12.6. The minimum atomic E-state index is -0.380. The molecule has 4 heterocycles. The van der Waals surface area contributed by atoms with Gasteiger partial charge < -0.3 is 10.3 Å². The number of piperidine rings is 1. The Hall–Kier alpha value is -2.45. The molecule has 0 bridgehead atoms. The third-order valence-electron chi connectivity index (χ3n) is 4.79. The maximum Gasteiger partial charge on any atom is 0.329 e. The van der Waals surface area contributed by atoms with Crippen molar-refractivity contribution >= 4 is 21.9 Å². The van der Waals surface area contributed by atoms with Crippen molar-refractivity contribution in [3.8, 4) is 0 Å². The first-order chi connectivity index (χ1) is 11.7. The zero-order valence-electron chi connectivity index (χ0n) is 13.5. The smallest absolute Gasteiger partial charge is 0.329 e. The van der Waals surface area contributed by atoms with Crippen molar-refractivity contribution in [1.29, 1.82) is 0 Å². The average Bonchev–Trinajstić information content (AvgIpc) is 3.05. The molecular weight excluding hydrogens is 308 g/mol. The molecule has 0 spiro atoms. The topological polar surface area (TPSA) is 98.8 Å². The van der Waals surface area contributed by atoms with E-state index in [0.717, 1.165) is 38.0 Å². The Morgan fingerprint density at radius 1 is 1.29 bits per heavy atom. The molecule has 126 valence electrons. The van der Waals surface area contributed by atoms with E-state index in [1.165, 1.54) is 0 Å². The van der Waals surface area contributed by atoms with Crippen LogP contribution in [0.5, 0.6) is 0 Å². The number of H-pyrrole nitrogens is 2. The standard InChI is InChI=1S/C16H20N6O2/c1-17-9-21-6-3-10(4-7-21)22-13-11-2-5-18-14(11)19-8-12(13)15(23)20-16(22)24/h2,5,8,10,17H,3-4,6-7,9H2,1H3,(H,18,19)(H,20,23,24). The molecule has 1 saturated heterocycles. The average molecular weight is 328 g/mol. The summed E-state index contributed by atoms with van der Waals surface area (Å²) in [6.45, 7) is 2.68. The van der Waals surface area contributed by atoms with Crippen molar-refractivity contribution in [1.82, 2.24) is 29.7 Å². The number of likely N-dealkylation sites (tertiary alicyclic amines) is 1. The molecule has 0 atom stereocenters. The lowest BCUT2D eigenvalue weighted by atomic mass is 10.0. The molecule has 8 heteroatoms. The summed E-state index contributed by atoms with van der Waals surface area (Å²) in [6.07, 6.45) is 5.07. The lowest BCUT2D eigenvalue weighted by Crippen LogP contribution is -2.42. The summed E-state index contributed by atoms with van der Waals surface area (Å²) in [5, 5.41) is 4.43. The zero-order chi connectivity index (χ0) is 16.7. The lowest BCUT2D eigenvalue weighted by Gasteiger charge is -2.33. The Kier molecular flexibility index (Phi) is 3.70. The Balaban J connectivity index is 1.87. The summed E-state index contributed by atoms with van der Waals surface area (Å²) in [4.78, 5) is 36.9. The van der Waals surface area contributed by atoms with E-state index in [0.29, 0.717) is 16.6 Å². The fourth-order valence-electron chi connectivity index (χ4n) is 3.65. The number of hydrogen-bond donors (Lipinski definition) is 3. The summed E-state index contributed by atoms with van der Waals surface area (Å²) in [6, 6.07) is 1.95. The molecule has 1 fully saturated rings. The fourth-order valence-corrected chi connectivity index (χ4v) is 3.65. The van der Waals surface area contributed by atoms with E-state index in [1.54, 1.807) is 17.0 Å². The third-order valence-corrected chi connectivity index (χ3v) is 4.79. The van der Waals surface area contributed by atoms with Crippen LogP contribution in [0.25, 0.3) is 21.9 Å². The van der Waals surface area contributed by atoms with E-state index in [1.807, 2.05) is 13.1 Å². The van der Waals surface area contributed by atoms with Gasteiger partial charge in [0.05, 0.1) is 10.9 Å². The van der Waals surface area contributed by atoms with Crippen LogP contribution in [0.1, 0.15) is 18.9 Å². The van der Waals surface area contributed by atoms with Gasteiger partial charge >= 0.3 is 5.69 Å². The minimum Gasteiger partial charge on any atom is -0.346 e. The van der Waals surface area contributed by atoms with Crippen molar-refractivity contribution in [2.75, 3.05) is 26.8 Å². The van der Waals surface area contributed by atoms with Crippen LogP contribution in [0.3, 0.4) is 0 Å². The van der Waals surface area contributed by atoms with Crippen molar-refractivity contribution < 1.29 is 0 Å². The van der Waals surface area contributed by atoms with Gasteiger partial charge in [0.1, 0.15) is 5.65 Å². The number of aromatic amines is 2. The number of pyridine rings is 1. The van der Waals surface area contributed by atoms with E-state index >= 15 is 0 Å². The van der Waals surface area contributed by atoms with Crippen LogP contribution in [0.15, 0.2) is 28.0 Å². The molecule has 4 rings (SSSR count). The molecule has 1 aliphatic heterocycles. The van der Waals surface area contributed by atoms with Gasteiger partial charge in [-0.2, -0.15) is 0 Å². The first kappa shape index (κ1) is 15.1. The van der Waals surface area contributed by atoms with E-state index in [9.17, 15) is 9.59 Å². The zero-order valence-corrected chi connectivity index (χ0v) is 13.5. The van der Waals surface area contributed by atoms with Crippen LogP contribution in [0.4, 0.5) is 0 Å². The highest BCUT2D eigenvalue weighted by Crippen LogP contribution is 2.27.